The zero-order valence-electron chi connectivity index (χ0n) is 14.0. The molecule has 1 amide bonds. The molecule has 1 aliphatic rings. The molecule has 25 heavy (non-hydrogen) atoms. The highest BCUT2D eigenvalue weighted by atomic mass is 32.2. The molecule has 0 saturated carbocycles. The first-order valence-corrected chi connectivity index (χ1v) is 11.6. The maximum atomic E-state index is 12.4. The van der Waals surface area contributed by atoms with Gasteiger partial charge in [0.2, 0.25) is 15.9 Å². The third-order valence-corrected chi connectivity index (χ3v) is 7.91. The van der Waals surface area contributed by atoms with Crippen LogP contribution < -0.4 is 5.32 Å². The molecule has 0 bridgehead atoms. The van der Waals surface area contributed by atoms with Crippen LogP contribution in [0.1, 0.15) is 26.2 Å². The summed E-state index contributed by atoms with van der Waals surface area (Å²) in [5, 5.41) is 7.40. The molecule has 3 rings (SSSR count). The summed E-state index contributed by atoms with van der Waals surface area (Å²) in [6.07, 6.45) is 1.72. The van der Waals surface area contributed by atoms with E-state index < -0.39 is 10.0 Å². The van der Waals surface area contributed by atoms with Crippen LogP contribution >= 0.6 is 22.7 Å². The predicted octanol–water partition coefficient (Wildman–Crippen LogP) is 3.26. The van der Waals surface area contributed by atoms with Crippen LogP contribution in [0, 0.1) is 5.92 Å². The summed E-state index contributed by atoms with van der Waals surface area (Å²) in [6.45, 7) is 2.69. The second-order valence-electron chi connectivity index (χ2n) is 5.99. The van der Waals surface area contributed by atoms with Gasteiger partial charge < -0.3 is 5.32 Å². The van der Waals surface area contributed by atoms with Gasteiger partial charge in [-0.25, -0.2) is 17.7 Å². The molecule has 9 heteroatoms. The molecular formula is C16H21N3O3S3. The first-order valence-electron chi connectivity index (χ1n) is 8.27. The van der Waals surface area contributed by atoms with Crippen molar-refractivity contribution in [3.05, 3.63) is 22.9 Å². The van der Waals surface area contributed by atoms with Crippen molar-refractivity contribution < 1.29 is 13.2 Å². The Balaban J connectivity index is 1.55. The predicted molar refractivity (Wildman–Crippen MR) is 102 cm³/mol. The molecule has 0 unspecified atom stereocenters. The Morgan fingerprint density at radius 2 is 2.12 bits per heavy atom. The quantitative estimate of drug-likeness (QED) is 0.808. The van der Waals surface area contributed by atoms with Crippen molar-refractivity contribution in [1.82, 2.24) is 9.29 Å². The number of anilines is 1. The summed E-state index contributed by atoms with van der Waals surface area (Å²) in [6, 6.07) is 3.97. The summed E-state index contributed by atoms with van der Waals surface area (Å²) in [7, 11) is -3.17. The Bertz CT molecular complexity index is 807. The minimum atomic E-state index is -3.17. The SMILES string of the molecule is CCCS(=O)(=O)N1CCC(C(=O)Nc2nc(-c3cccs3)cs2)CC1. The monoisotopic (exact) mass is 399 g/mol. The number of thiazole rings is 1. The lowest BCUT2D eigenvalue weighted by atomic mass is 9.97. The van der Waals surface area contributed by atoms with Crippen molar-refractivity contribution in [2.45, 2.75) is 26.2 Å². The van der Waals surface area contributed by atoms with E-state index in [-0.39, 0.29) is 17.6 Å². The molecule has 0 aromatic carbocycles. The second-order valence-corrected chi connectivity index (χ2v) is 9.89. The lowest BCUT2D eigenvalue weighted by molar-refractivity contribution is -0.120. The second kappa shape index (κ2) is 7.94. The largest absolute Gasteiger partial charge is 0.302 e. The fourth-order valence-corrected chi connectivity index (χ4v) is 5.87. The maximum Gasteiger partial charge on any atom is 0.229 e. The number of sulfonamides is 1. The van der Waals surface area contributed by atoms with Crippen LogP contribution in [0.25, 0.3) is 10.6 Å². The maximum absolute atomic E-state index is 12.4. The van der Waals surface area contributed by atoms with Gasteiger partial charge in [0.1, 0.15) is 0 Å². The van der Waals surface area contributed by atoms with E-state index in [1.165, 1.54) is 15.6 Å². The van der Waals surface area contributed by atoms with Crippen LogP contribution in [0.5, 0.6) is 0 Å². The number of hydrogen-bond donors (Lipinski definition) is 1. The zero-order chi connectivity index (χ0) is 17.9. The van der Waals surface area contributed by atoms with Crippen molar-refractivity contribution in [1.29, 1.82) is 0 Å². The van der Waals surface area contributed by atoms with E-state index in [1.54, 1.807) is 11.3 Å². The molecule has 0 atom stereocenters. The number of nitrogens with zero attached hydrogens (tertiary/aromatic N) is 2. The minimum absolute atomic E-state index is 0.0698. The van der Waals surface area contributed by atoms with E-state index in [2.05, 4.69) is 10.3 Å². The Hall–Kier alpha value is -1.29. The summed E-state index contributed by atoms with van der Waals surface area (Å²) in [4.78, 5) is 18.0. The van der Waals surface area contributed by atoms with Crippen LogP contribution in [0.3, 0.4) is 0 Å². The van der Waals surface area contributed by atoms with Crippen molar-refractivity contribution in [3.63, 3.8) is 0 Å². The molecule has 3 heterocycles. The van der Waals surface area contributed by atoms with Crippen LogP contribution in [0.15, 0.2) is 22.9 Å². The van der Waals surface area contributed by atoms with Gasteiger partial charge in [0.15, 0.2) is 5.13 Å². The van der Waals surface area contributed by atoms with E-state index >= 15 is 0 Å². The Labute approximate surface area is 155 Å². The topological polar surface area (TPSA) is 79.4 Å². The van der Waals surface area contributed by atoms with Gasteiger partial charge >= 0.3 is 0 Å². The molecule has 0 spiro atoms. The summed E-state index contributed by atoms with van der Waals surface area (Å²) >= 11 is 3.02. The Morgan fingerprint density at radius 3 is 2.76 bits per heavy atom. The smallest absolute Gasteiger partial charge is 0.229 e. The fourth-order valence-electron chi connectivity index (χ4n) is 2.86. The fraction of sp³-hybridized carbons (Fsp3) is 0.500. The first kappa shape index (κ1) is 18.5. The van der Waals surface area contributed by atoms with Gasteiger partial charge in [0.25, 0.3) is 0 Å². The average Bonchev–Trinajstić information content (AvgIpc) is 3.26. The van der Waals surface area contributed by atoms with Gasteiger partial charge in [-0.15, -0.1) is 22.7 Å². The highest BCUT2D eigenvalue weighted by Gasteiger charge is 2.30. The Morgan fingerprint density at radius 1 is 1.36 bits per heavy atom. The highest BCUT2D eigenvalue weighted by Crippen LogP contribution is 2.29. The van der Waals surface area contributed by atoms with E-state index in [9.17, 15) is 13.2 Å². The normalized spacial score (nSPS) is 16.8. The minimum Gasteiger partial charge on any atom is -0.302 e. The molecule has 6 nitrogen and oxygen atoms in total. The Kier molecular flexibility index (Phi) is 5.88. The van der Waals surface area contributed by atoms with E-state index in [0.717, 1.165) is 10.6 Å². The number of carbonyl (C=O) groups is 1. The van der Waals surface area contributed by atoms with Crippen LogP contribution in [-0.4, -0.2) is 42.5 Å². The van der Waals surface area contributed by atoms with Gasteiger partial charge in [0, 0.05) is 24.4 Å². The lowest BCUT2D eigenvalue weighted by Crippen LogP contribution is -2.42. The molecule has 136 valence electrons. The third-order valence-electron chi connectivity index (χ3n) is 4.19. The lowest BCUT2D eigenvalue weighted by Gasteiger charge is -2.30. The summed E-state index contributed by atoms with van der Waals surface area (Å²) in [5.74, 6) is -0.0594. The van der Waals surface area contributed by atoms with Gasteiger partial charge in [-0.3, -0.25) is 4.79 Å². The summed E-state index contributed by atoms with van der Waals surface area (Å²) < 4.78 is 25.7. The molecule has 1 aliphatic heterocycles. The number of nitrogens with one attached hydrogen (secondary N) is 1. The number of aromatic nitrogens is 1. The van der Waals surface area contributed by atoms with Gasteiger partial charge in [0.05, 0.1) is 16.3 Å². The third kappa shape index (κ3) is 4.46. The van der Waals surface area contributed by atoms with Gasteiger partial charge in [-0.1, -0.05) is 13.0 Å². The standard InChI is InChI=1S/C16H21N3O3S3/c1-2-10-25(21,22)19-7-5-12(6-8-19)15(20)18-16-17-13(11-24-16)14-4-3-9-23-14/h3-4,9,11-12H,2,5-8,10H2,1H3,(H,17,18,20). The van der Waals surface area contributed by atoms with Crippen LogP contribution in [-0.2, 0) is 14.8 Å². The molecule has 0 radical (unpaired) electrons. The number of amides is 1. The van der Waals surface area contributed by atoms with E-state index in [4.69, 9.17) is 0 Å². The molecule has 2 aromatic rings. The highest BCUT2D eigenvalue weighted by molar-refractivity contribution is 7.89. The van der Waals surface area contributed by atoms with Gasteiger partial charge in [-0.05, 0) is 30.7 Å². The van der Waals surface area contributed by atoms with Crippen molar-refractivity contribution in [2.24, 2.45) is 5.92 Å². The number of piperidine rings is 1. The number of carbonyl (C=O) groups excluding carboxylic acids is 1. The average molecular weight is 400 g/mol. The molecule has 2 aromatic heterocycles. The molecule has 1 fully saturated rings. The molecule has 1 saturated heterocycles. The van der Waals surface area contributed by atoms with Crippen LogP contribution in [0.4, 0.5) is 5.13 Å². The van der Waals surface area contributed by atoms with Gasteiger partial charge in [-0.2, -0.15) is 0 Å². The summed E-state index contributed by atoms with van der Waals surface area (Å²) in [5.41, 5.74) is 0.871. The number of hydrogen-bond acceptors (Lipinski definition) is 6. The van der Waals surface area contributed by atoms with E-state index in [0.29, 0.717) is 37.5 Å². The molecule has 1 N–H and O–H groups in total. The van der Waals surface area contributed by atoms with Crippen molar-refractivity contribution in [2.75, 3.05) is 24.2 Å². The number of rotatable bonds is 6. The van der Waals surface area contributed by atoms with Crippen LogP contribution in [0.2, 0.25) is 0 Å². The molecular weight excluding hydrogens is 378 g/mol. The first-order chi connectivity index (χ1) is 12.0. The van der Waals surface area contributed by atoms with Crippen molar-refractivity contribution in [3.8, 4) is 10.6 Å². The van der Waals surface area contributed by atoms with E-state index in [1.807, 2.05) is 29.8 Å². The van der Waals surface area contributed by atoms with Crippen molar-refractivity contribution >= 4 is 43.7 Å². The number of thiophene rings is 1. The molecule has 0 aliphatic carbocycles. The zero-order valence-corrected chi connectivity index (χ0v) is 16.4.